The molecule has 0 aliphatic carbocycles. The average molecular weight is 353 g/mol. The maximum absolute atomic E-state index is 13.9. The number of ether oxygens (including phenoxy) is 1. The fourth-order valence-corrected chi connectivity index (χ4v) is 2.28. The van der Waals surface area contributed by atoms with Gasteiger partial charge in [0.15, 0.2) is 5.82 Å². The van der Waals surface area contributed by atoms with Crippen LogP contribution in [0.3, 0.4) is 0 Å². The van der Waals surface area contributed by atoms with Crippen molar-refractivity contribution < 1.29 is 28.2 Å². The van der Waals surface area contributed by atoms with Crippen molar-refractivity contribution in [2.24, 2.45) is 0 Å². The maximum Gasteiger partial charge on any atom is 0.343 e. The highest BCUT2D eigenvalue weighted by Crippen LogP contribution is 2.31. The first kappa shape index (κ1) is 18.4. The van der Waals surface area contributed by atoms with Crippen molar-refractivity contribution in [1.29, 1.82) is 0 Å². The van der Waals surface area contributed by atoms with Crippen molar-refractivity contribution in [3.63, 3.8) is 0 Å². The number of benzene rings is 1. The number of allylic oxidation sites excluding steroid dienone is 1. The van der Waals surface area contributed by atoms with E-state index in [2.05, 4.69) is 0 Å². The van der Waals surface area contributed by atoms with Gasteiger partial charge < -0.3 is 9.84 Å². The summed E-state index contributed by atoms with van der Waals surface area (Å²) in [6.07, 6.45) is 0.0799. The van der Waals surface area contributed by atoms with E-state index in [0.717, 1.165) is 0 Å². The molecule has 1 rings (SSSR count). The molecule has 0 saturated heterocycles. The third kappa shape index (κ3) is 3.56. The number of Topliss-reactive ketones (excluding diaryl/α,β-unsaturated/α-hetero) is 1. The Morgan fingerprint density at radius 1 is 1.27 bits per heavy atom. The number of hydrogen-bond donors (Lipinski definition) is 1. The number of carbonyl (C=O) groups excluding carboxylic acids is 1. The lowest BCUT2D eigenvalue weighted by molar-refractivity contribution is -0.132. The molecule has 8 heteroatoms. The summed E-state index contributed by atoms with van der Waals surface area (Å²) >= 11 is 11.0. The molecular weight excluding hydrogens is 341 g/mol. The van der Waals surface area contributed by atoms with E-state index in [1.165, 1.54) is 0 Å². The van der Waals surface area contributed by atoms with Gasteiger partial charge in [-0.3, -0.25) is 4.79 Å². The van der Waals surface area contributed by atoms with E-state index in [1.54, 1.807) is 13.8 Å². The van der Waals surface area contributed by atoms with Gasteiger partial charge in [-0.1, -0.05) is 30.1 Å². The number of halogens is 4. The summed E-state index contributed by atoms with van der Waals surface area (Å²) in [5, 5.41) is 7.71. The highest BCUT2D eigenvalue weighted by atomic mass is 35.5. The Labute approximate surface area is 135 Å². The largest absolute Gasteiger partial charge is 0.497 e. The van der Waals surface area contributed by atoms with Gasteiger partial charge in [0.1, 0.15) is 17.1 Å². The minimum atomic E-state index is -1.62. The second-order valence-electron chi connectivity index (χ2n) is 4.06. The zero-order chi connectivity index (χ0) is 17.0. The molecule has 0 atom stereocenters. The summed E-state index contributed by atoms with van der Waals surface area (Å²) in [5.74, 6) is -5.47. The van der Waals surface area contributed by atoms with E-state index in [0.29, 0.717) is 6.07 Å². The molecule has 120 valence electrons. The fourth-order valence-electron chi connectivity index (χ4n) is 1.77. The highest BCUT2D eigenvalue weighted by molar-refractivity contribution is 6.39. The van der Waals surface area contributed by atoms with Gasteiger partial charge in [-0.05, 0) is 13.0 Å². The fraction of sp³-hybridized carbons (Fsp3) is 0.286. The van der Waals surface area contributed by atoms with Gasteiger partial charge in [0.05, 0.1) is 22.2 Å². The number of carboxylic acids is 1. The summed E-state index contributed by atoms with van der Waals surface area (Å²) in [6.45, 7) is 3.26. The molecule has 0 spiro atoms. The Morgan fingerprint density at radius 3 is 2.32 bits per heavy atom. The van der Waals surface area contributed by atoms with Crippen LogP contribution in [0, 0.1) is 11.6 Å². The topological polar surface area (TPSA) is 63.6 Å². The summed E-state index contributed by atoms with van der Waals surface area (Å²) in [6, 6.07) is 0.557. The van der Waals surface area contributed by atoms with Crippen molar-refractivity contribution in [2.75, 3.05) is 6.61 Å². The molecule has 1 N–H and O–H groups in total. The predicted molar refractivity (Wildman–Crippen MR) is 77.3 cm³/mol. The lowest BCUT2D eigenvalue weighted by atomic mass is 10.0. The molecule has 0 bridgehead atoms. The molecule has 0 amide bonds. The Bertz CT molecular complexity index is 657. The third-order valence-electron chi connectivity index (χ3n) is 2.70. The van der Waals surface area contributed by atoms with Crippen molar-refractivity contribution in [2.45, 2.75) is 20.3 Å². The second-order valence-corrected chi connectivity index (χ2v) is 4.85. The molecule has 0 unspecified atom stereocenters. The maximum atomic E-state index is 13.9. The van der Waals surface area contributed by atoms with E-state index in [1.807, 2.05) is 0 Å². The first-order valence-electron chi connectivity index (χ1n) is 6.23. The SMILES string of the molecule is CCOC(CC)=C(C(=O)O)C(=O)c1c(F)cc(Cl)c(F)c1Cl. The van der Waals surface area contributed by atoms with E-state index < -0.39 is 44.6 Å². The van der Waals surface area contributed by atoms with E-state index in [9.17, 15) is 23.5 Å². The minimum absolute atomic E-state index is 0.0799. The van der Waals surface area contributed by atoms with Crippen LogP contribution in [-0.4, -0.2) is 23.5 Å². The smallest absolute Gasteiger partial charge is 0.343 e. The number of carboxylic acid groups (broad SMARTS) is 1. The first-order valence-corrected chi connectivity index (χ1v) is 6.98. The molecule has 0 radical (unpaired) electrons. The van der Waals surface area contributed by atoms with Gasteiger partial charge in [-0.25, -0.2) is 13.6 Å². The molecule has 0 aromatic heterocycles. The first-order chi connectivity index (χ1) is 10.3. The van der Waals surface area contributed by atoms with Gasteiger partial charge in [0.25, 0.3) is 0 Å². The van der Waals surface area contributed by atoms with Crippen LogP contribution in [0.25, 0.3) is 0 Å². The van der Waals surface area contributed by atoms with E-state index in [4.69, 9.17) is 27.9 Å². The quantitative estimate of drug-likeness (QED) is 0.158. The molecule has 0 fully saturated rings. The van der Waals surface area contributed by atoms with Crippen LogP contribution >= 0.6 is 23.2 Å². The van der Waals surface area contributed by atoms with Crippen molar-refractivity contribution >= 4 is 35.0 Å². The Hall–Kier alpha value is -1.66. The number of ketones is 1. The summed E-state index contributed by atoms with van der Waals surface area (Å²) in [7, 11) is 0. The third-order valence-corrected chi connectivity index (χ3v) is 3.33. The monoisotopic (exact) mass is 352 g/mol. The van der Waals surface area contributed by atoms with Crippen LogP contribution in [-0.2, 0) is 9.53 Å². The molecule has 0 heterocycles. The molecule has 4 nitrogen and oxygen atoms in total. The molecule has 22 heavy (non-hydrogen) atoms. The van der Waals surface area contributed by atoms with Gasteiger partial charge in [0.2, 0.25) is 5.78 Å². The van der Waals surface area contributed by atoms with Gasteiger partial charge >= 0.3 is 5.97 Å². The second kappa shape index (κ2) is 7.56. The van der Waals surface area contributed by atoms with E-state index in [-0.39, 0.29) is 18.8 Å². The van der Waals surface area contributed by atoms with E-state index >= 15 is 0 Å². The zero-order valence-corrected chi connectivity index (χ0v) is 13.2. The average Bonchev–Trinajstić information content (AvgIpc) is 2.43. The molecule has 0 aliphatic heterocycles. The summed E-state index contributed by atoms with van der Waals surface area (Å²) < 4.78 is 32.6. The van der Waals surface area contributed by atoms with Crippen molar-refractivity contribution in [3.8, 4) is 0 Å². The minimum Gasteiger partial charge on any atom is -0.497 e. The molecule has 1 aromatic rings. The lowest BCUT2D eigenvalue weighted by Gasteiger charge is -2.12. The highest BCUT2D eigenvalue weighted by Gasteiger charge is 2.30. The van der Waals surface area contributed by atoms with Crippen LogP contribution in [0.1, 0.15) is 30.6 Å². The van der Waals surface area contributed by atoms with Crippen LogP contribution < -0.4 is 0 Å². The number of hydrogen-bond acceptors (Lipinski definition) is 3. The number of aliphatic carboxylic acids is 1. The number of carbonyl (C=O) groups is 2. The molecule has 1 aromatic carbocycles. The molecule has 0 aliphatic rings. The normalized spacial score (nSPS) is 11.9. The molecule has 0 saturated carbocycles. The van der Waals surface area contributed by atoms with Crippen LogP contribution in [0.2, 0.25) is 10.0 Å². The van der Waals surface area contributed by atoms with Crippen LogP contribution in [0.5, 0.6) is 0 Å². The standard InChI is InChI=1S/C14H12Cl2F2O4/c1-3-8(22-4-2)10(14(20)21)13(19)9-7(17)5-6(15)12(18)11(9)16/h5H,3-4H2,1-2H3,(H,20,21). The lowest BCUT2D eigenvalue weighted by Crippen LogP contribution is -2.18. The van der Waals surface area contributed by atoms with Crippen molar-refractivity contribution in [1.82, 2.24) is 0 Å². The van der Waals surface area contributed by atoms with Crippen LogP contribution in [0.15, 0.2) is 17.4 Å². The predicted octanol–water partition coefficient (Wildman–Crippen LogP) is 4.24. The Kier molecular flexibility index (Phi) is 6.32. The summed E-state index contributed by atoms with van der Waals surface area (Å²) in [4.78, 5) is 23.6. The zero-order valence-electron chi connectivity index (χ0n) is 11.7. The van der Waals surface area contributed by atoms with Crippen LogP contribution in [0.4, 0.5) is 8.78 Å². The van der Waals surface area contributed by atoms with Gasteiger partial charge in [-0.15, -0.1) is 0 Å². The Balaban J connectivity index is 3.58. The van der Waals surface area contributed by atoms with Gasteiger partial charge in [-0.2, -0.15) is 0 Å². The Morgan fingerprint density at radius 2 is 1.86 bits per heavy atom. The number of rotatable bonds is 6. The van der Waals surface area contributed by atoms with Crippen molar-refractivity contribution in [3.05, 3.63) is 44.6 Å². The summed E-state index contributed by atoms with van der Waals surface area (Å²) in [5.41, 5.74) is -1.70. The molecular formula is C14H12Cl2F2O4. The van der Waals surface area contributed by atoms with Gasteiger partial charge in [0, 0.05) is 6.42 Å².